The van der Waals surface area contributed by atoms with Gasteiger partial charge in [0, 0.05) is 25.3 Å². The lowest BCUT2D eigenvalue weighted by Crippen LogP contribution is -2.41. The number of carbonyl (C=O) groups is 1. The zero-order valence-corrected chi connectivity index (χ0v) is 15.7. The van der Waals surface area contributed by atoms with E-state index in [9.17, 15) is 4.79 Å². The molecule has 2 aromatic rings. The van der Waals surface area contributed by atoms with Gasteiger partial charge < -0.3 is 15.2 Å². The second-order valence-electron chi connectivity index (χ2n) is 7.09. The van der Waals surface area contributed by atoms with Crippen LogP contribution in [0, 0.1) is 0 Å². The van der Waals surface area contributed by atoms with Crippen molar-refractivity contribution < 1.29 is 9.32 Å². The Morgan fingerprint density at radius 2 is 2.12 bits per heavy atom. The highest BCUT2D eigenvalue weighted by Gasteiger charge is 2.22. The maximum atomic E-state index is 11.5. The predicted molar refractivity (Wildman–Crippen MR) is 100 cm³/mol. The van der Waals surface area contributed by atoms with Crippen molar-refractivity contribution in [1.82, 2.24) is 20.4 Å². The minimum absolute atomic E-state index is 0.0828. The first kappa shape index (κ1) is 18.4. The Hall–Kier alpha value is -2.41. The van der Waals surface area contributed by atoms with Crippen LogP contribution in [0.1, 0.15) is 54.7 Å². The molecule has 1 aromatic carbocycles. The van der Waals surface area contributed by atoms with E-state index in [1.165, 1.54) is 5.56 Å². The molecule has 2 heterocycles. The summed E-state index contributed by atoms with van der Waals surface area (Å²) in [5.41, 5.74) is 2.50. The van der Waals surface area contributed by atoms with E-state index in [1.807, 2.05) is 0 Å². The lowest BCUT2D eigenvalue weighted by Gasteiger charge is -2.32. The molecule has 140 valence electrons. The molecular formula is C19H27N5O2. The molecule has 0 spiro atoms. The monoisotopic (exact) mass is 357 g/mol. The molecule has 7 heteroatoms. The number of aromatic nitrogens is 2. The molecule has 0 unspecified atom stereocenters. The lowest BCUT2D eigenvalue weighted by atomic mass is 10.0. The van der Waals surface area contributed by atoms with Gasteiger partial charge in [-0.3, -0.25) is 9.69 Å². The third-order valence-corrected chi connectivity index (χ3v) is 4.71. The standard InChI is InChI=1S/C19H27N5O2/c1-13(2)14-6-8-15(9-7-14)21-16-5-4-10-24(11-16)12-17-22-18(23-26-17)19(25)20-3/h6-9,13,16,21H,4-5,10-12H2,1-3H3,(H,20,25)/t16-/m0/s1. The summed E-state index contributed by atoms with van der Waals surface area (Å²) in [6.07, 6.45) is 2.24. The van der Waals surface area contributed by atoms with E-state index >= 15 is 0 Å². The van der Waals surface area contributed by atoms with Gasteiger partial charge in [-0.2, -0.15) is 4.98 Å². The van der Waals surface area contributed by atoms with E-state index in [1.54, 1.807) is 7.05 Å². The van der Waals surface area contributed by atoms with Crippen LogP contribution in [0.15, 0.2) is 28.8 Å². The summed E-state index contributed by atoms with van der Waals surface area (Å²) in [5.74, 6) is 0.774. The average molecular weight is 357 g/mol. The molecule has 1 aliphatic heterocycles. The van der Waals surface area contributed by atoms with Crippen LogP contribution in [0.25, 0.3) is 0 Å². The second-order valence-corrected chi connectivity index (χ2v) is 7.09. The molecule has 26 heavy (non-hydrogen) atoms. The van der Waals surface area contributed by atoms with Gasteiger partial charge in [0.25, 0.3) is 11.7 Å². The Balaban J connectivity index is 1.55. The molecule has 1 saturated heterocycles. The molecule has 0 aliphatic carbocycles. The molecule has 3 rings (SSSR count). The Kier molecular flexibility index (Phi) is 5.88. The SMILES string of the molecule is CNC(=O)c1noc(CN2CCC[C@H](Nc3ccc(C(C)C)cc3)C2)n1. The second kappa shape index (κ2) is 8.31. The van der Waals surface area contributed by atoms with Gasteiger partial charge in [0.15, 0.2) is 0 Å². The van der Waals surface area contributed by atoms with Gasteiger partial charge in [-0.15, -0.1) is 0 Å². The van der Waals surface area contributed by atoms with Gasteiger partial charge in [-0.25, -0.2) is 0 Å². The third-order valence-electron chi connectivity index (χ3n) is 4.71. The third kappa shape index (κ3) is 4.60. The first-order chi connectivity index (χ1) is 12.5. The molecule has 0 radical (unpaired) electrons. The van der Waals surface area contributed by atoms with Gasteiger partial charge >= 0.3 is 0 Å². The smallest absolute Gasteiger partial charge is 0.292 e. The fourth-order valence-electron chi connectivity index (χ4n) is 3.23. The first-order valence-corrected chi connectivity index (χ1v) is 9.18. The zero-order chi connectivity index (χ0) is 18.5. The van der Waals surface area contributed by atoms with Crippen LogP contribution >= 0.6 is 0 Å². The van der Waals surface area contributed by atoms with Crippen molar-refractivity contribution in [2.24, 2.45) is 0 Å². The summed E-state index contributed by atoms with van der Waals surface area (Å²) in [7, 11) is 1.55. The molecule has 1 aliphatic rings. The van der Waals surface area contributed by atoms with Gasteiger partial charge in [-0.1, -0.05) is 31.1 Å². The number of likely N-dealkylation sites (tertiary alicyclic amines) is 1. The number of hydrogen-bond donors (Lipinski definition) is 2. The van der Waals surface area contributed by atoms with Crippen LogP contribution in [0.5, 0.6) is 0 Å². The fraction of sp³-hybridized carbons (Fsp3) is 0.526. The zero-order valence-electron chi connectivity index (χ0n) is 15.7. The number of piperidine rings is 1. The van der Waals surface area contributed by atoms with Crippen LogP contribution in [0.3, 0.4) is 0 Å². The maximum Gasteiger partial charge on any atom is 0.292 e. The van der Waals surface area contributed by atoms with Crippen molar-refractivity contribution in [2.75, 3.05) is 25.5 Å². The summed E-state index contributed by atoms with van der Waals surface area (Å²) < 4.78 is 5.20. The number of hydrogen-bond acceptors (Lipinski definition) is 6. The Bertz CT molecular complexity index is 726. The highest BCUT2D eigenvalue weighted by Crippen LogP contribution is 2.20. The van der Waals surface area contributed by atoms with Crippen molar-refractivity contribution >= 4 is 11.6 Å². The molecular weight excluding hydrogens is 330 g/mol. The summed E-state index contributed by atoms with van der Waals surface area (Å²) >= 11 is 0. The molecule has 0 saturated carbocycles. The van der Waals surface area contributed by atoms with Crippen LogP contribution < -0.4 is 10.6 Å². The predicted octanol–water partition coefficient (Wildman–Crippen LogP) is 2.63. The van der Waals surface area contributed by atoms with Crippen molar-refractivity contribution in [2.45, 2.75) is 45.2 Å². The summed E-state index contributed by atoms with van der Waals surface area (Å²) in [4.78, 5) is 18.0. The number of nitrogens with one attached hydrogen (secondary N) is 2. The Morgan fingerprint density at radius 3 is 2.81 bits per heavy atom. The maximum absolute atomic E-state index is 11.5. The number of rotatable bonds is 6. The highest BCUT2D eigenvalue weighted by molar-refractivity contribution is 5.89. The summed E-state index contributed by atoms with van der Waals surface area (Å²) in [6.45, 7) is 6.86. The normalized spacial score (nSPS) is 18.1. The van der Waals surface area contributed by atoms with Gasteiger partial charge in [0.05, 0.1) is 6.54 Å². The van der Waals surface area contributed by atoms with E-state index in [-0.39, 0.29) is 11.7 Å². The molecule has 1 atom stereocenters. The van der Waals surface area contributed by atoms with Crippen LogP contribution in [-0.4, -0.2) is 47.1 Å². The summed E-state index contributed by atoms with van der Waals surface area (Å²) in [5, 5.41) is 9.84. The molecule has 2 N–H and O–H groups in total. The topological polar surface area (TPSA) is 83.3 Å². The fourth-order valence-corrected chi connectivity index (χ4v) is 3.23. The van der Waals surface area contributed by atoms with E-state index in [4.69, 9.17) is 4.52 Å². The van der Waals surface area contributed by atoms with Crippen LogP contribution in [0.4, 0.5) is 5.69 Å². The highest BCUT2D eigenvalue weighted by atomic mass is 16.5. The number of benzene rings is 1. The van der Waals surface area contributed by atoms with E-state index < -0.39 is 0 Å². The largest absolute Gasteiger partial charge is 0.381 e. The number of amides is 1. The number of carbonyl (C=O) groups excluding carboxylic acids is 1. The molecule has 0 bridgehead atoms. The van der Waals surface area contributed by atoms with Crippen LogP contribution in [0.2, 0.25) is 0 Å². The van der Waals surface area contributed by atoms with Gasteiger partial charge in [0.2, 0.25) is 5.89 Å². The van der Waals surface area contributed by atoms with E-state index in [0.29, 0.717) is 24.4 Å². The van der Waals surface area contributed by atoms with Crippen molar-refractivity contribution in [1.29, 1.82) is 0 Å². The Morgan fingerprint density at radius 1 is 1.35 bits per heavy atom. The number of anilines is 1. The van der Waals surface area contributed by atoms with E-state index in [2.05, 4.69) is 63.8 Å². The van der Waals surface area contributed by atoms with Gasteiger partial charge in [-0.05, 0) is 43.0 Å². The minimum atomic E-state index is -0.331. The first-order valence-electron chi connectivity index (χ1n) is 9.18. The van der Waals surface area contributed by atoms with Crippen molar-refractivity contribution in [3.05, 3.63) is 41.5 Å². The summed E-state index contributed by atoms with van der Waals surface area (Å²) in [6, 6.07) is 9.07. The molecule has 1 amide bonds. The van der Waals surface area contributed by atoms with Crippen molar-refractivity contribution in [3.8, 4) is 0 Å². The lowest BCUT2D eigenvalue weighted by molar-refractivity contribution is 0.0950. The Labute approximate surface area is 154 Å². The van der Waals surface area contributed by atoms with Gasteiger partial charge in [0.1, 0.15) is 0 Å². The molecule has 1 fully saturated rings. The van der Waals surface area contributed by atoms with E-state index in [0.717, 1.165) is 31.6 Å². The van der Waals surface area contributed by atoms with Crippen molar-refractivity contribution in [3.63, 3.8) is 0 Å². The minimum Gasteiger partial charge on any atom is -0.381 e. The quantitative estimate of drug-likeness (QED) is 0.827. The number of nitrogens with zero attached hydrogens (tertiary/aromatic N) is 3. The molecule has 1 aromatic heterocycles. The van der Waals surface area contributed by atoms with Crippen LogP contribution in [-0.2, 0) is 6.54 Å². The average Bonchev–Trinajstić information content (AvgIpc) is 3.10. The molecule has 7 nitrogen and oxygen atoms in total.